The Morgan fingerprint density at radius 2 is 2.33 bits per heavy atom. The SMILES string of the molecule is Cc1nc(CN(C)C(=O)c2ncccc2O)n[nH]1. The minimum atomic E-state index is -0.379. The Hall–Kier alpha value is -2.44. The van der Waals surface area contributed by atoms with Crippen LogP contribution < -0.4 is 0 Å². The molecular weight excluding hydrogens is 234 g/mol. The van der Waals surface area contributed by atoms with Gasteiger partial charge in [-0.3, -0.25) is 9.89 Å². The number of rotatable bonds is 3. The number of aromatic nitrogens is 4. The zero-order valence-electron chi connectivity index (χ0n) is 10.1. The molecule has 7 nitrogen and oxygen atoms in total. The fourth-order valence-corrected chi connectivity index (χ4v) is 1.49. The molecule has 0 spiro atoms. The third-order valence-corrected chi connectivity index (χ3v) is 2.36. The molecule has 94 valence electrons. The van der Waals surface area contributed by atoms with Gasteiger partial charge in [0.15, 0.2) is 11.5 Å². The van der Waals surface area contributed by atoms with E-state index in [0.29, 0.717) is 11.6 Å². The van der Waals surface area contributed by atoms with Gasteiger partial charge in [0.2, 0.25) is 0 Å². The number of aromatic hydroxyl groups is 1. The average Bonchev–Trinajstić information content (AvgIpc) is 2.74. The van der Waals surface area contributed by atoms with E-state index in [9.17, 15) is 9.90 Å². The maximum Gasteiger partial charge on any atom is 0.276 e. The third-order valence-electron chi connectivity index (χ3n) is 2.36. The van der Waals surface area contributed by atoms with Crippen LogP contribution in [-0.2, 0) is 6.54 Å². The summed E-state index contributed by atoms with van der Waals surface area (Å²) in [7, 11) is 1.60. The van der Waals surface area contributed by atoms with Crippen molar-refractivity contribution >= 4 is 5.91 Å². The van der Waals surface area contributed by atoms with Crippen LogP contribution in [0.25, 0.3) is 0 Å². The van der Waals surface area contributed by atoms with Crippen LogP contribution in [0.1, 0.15) is 22.1 Å². The van der Waals surface area contributed by atoms with Gasteiger partial charge in [0.05, 0.1) is 6.54 Å². The Bertz CT molecular complexity index is 566. The molecule has 2 heterocycles. The van der Waals surface area contributed by atoms with E-state index >= 15 is 0 Å². The Morgan fingerprint density at radius 3 is 2.94 bits per heavy atom. The molecule has 2 aromatic heterocycles. The second-order valence-electron chi connectivity index (χ2n) is 3.87. The summed E-state index contributed by atoms with van der Waals surface area (Å²) in [5.74, 6) is 0.682. The van der Waals surface area contributed by atoms with Crippen molar-refractivity contribution in [1.82, 2.24) is 25.1 Å². The molecular formula is C11H13N5O2. The van der Waals surface area contributed by atoms with Gasteiger partial charge < -0.3 is 10.0 Å². The van der Waals surface area contributed by atoms with Crippen LogP contribution in [0, 0.1) is 6.92 Å². The molecule has 0 aliphatic rings. The molecule has 1 amide bonds. The second-order valence-corrected chi connectivity index (χ2v) is 3.87. The predicted octanol–water partition coefficient (Wildman–Crippen LogP) is 0.486. The summed E-state index contributed by atoms with van der Waals surface area (Å²) < 4.78 is 0. The summed E-state index contributed by atoms with van der Waals surface area (Å²) >= 11 is 0. The van der Waals surface area contributed by atoms with Gasteiger partial charge in [-0.2, -0.15) is 5.10 Å². The van der Waals surface area contributed by atoms with Gasteiger partial charge in [-0.05, 0) is 19.1 Å². The lowest BCUT2D eigenvalue weighted by molar-refractivity contribution is 0.0772. The molecule has 0 bridgehead atoms. The molecule has 0 fully saturated rings. The first-order chi connectivity index (χ1) is 8.58. The van der Waals surface area contributed by atoms with E-state index in [1.165, 1.54) is 17.2 Å². The van der Waals surface area contributed by atoms with E-state index < -0.39 is 0 Å². The van der Waals surface area contributed by atoms with Crippen LogP contribution in [0.15, 0.2) is 18.3 Å². The van der Waals surface area contributed by atoms with Crippen molar-refractivity contribution in [2.24, 2.45) is 0 Å². The van der Waals surface area contributed by atoms with Gasteiger partial charge >= 0.3 is 0 Å². The molecule has 18 heavy (non-hydrogen) atoms. The van der Waals surface area contributed by atoms with E-state index in [2.05, 4.69) is 20.2 Å². The fourth-order valence-electron chi connectivity index (χ4n) is 1.49. The summed E-state index contributed by atoms with van der Waals surface area (Å²) in [5, 5.41) is 16.2. The smallest absolute Gasteiger partial charge is 0.276 e. The lowest BCUT2D eigenvalue weighted by Crippen LogP contribution is -2.27. The largest absolute Gasteiger partial charge is 0.505 e. The standard InChI is InChI=1S/C11H13N5O2/c1-7-13-9(15-14-7)6-16(2)11(18)10-8(17)4-3-5-12-10/h3-5,17H,6H2,1-2H3,(H,13,14,15). The molecule has 0 unspecified atom stereocenters. The number of hydrogen-bond acceptors (Lipinski definition) is 5. The third kappa shape index (κ3) is 2.45. The van der Waals surface area contributed by atoms with Gasteiger partial charge in [0, 0.05) is 13.2 Å². The van der Waals surface area contributed by atoms with Crippen LogP contribution in [0.4, 0.5) is 0 Å². The van der Waals surface area contributed by atoms with Gasteiger partial charge in [0.25, 0.3) is 5.91 Å². The number of aryl methyl sites for hydroxylation is 1. The first-order valence-electron chi connectivity index (χ1n) is 5.35. The monoisotopic (exact) mass is 247 g/mol. The predicted molar refractivity (Wildman–Crippen MR) is 62.8 cm³/mol. The highest BCUT2D eigenvalue weighted by Crippen LogP contribution is 2.15. The van der Waals surface area contributed by atoms with Crippen LogP contribution in [-0.4, -0.2) is 43.1 Å². The van der Waals surface area contributed by atoms with Crippen LogP contribution >= 0.6 is 0 Å². The summed E-state index contributed by atoms with van der Waals surface area (Å²) in [5.41, 5.74) is 0.0206. The summed E-state index contributed by atoms with van der Waals surface area (Å²) in [4.78, 5) is 21.4. The number of hydrogen-bond donors (Lipinski definition) is 2. The normalized spacial score (nSPS) is 10.3. The fraction of sp³-hybridized carbons (Fsp3) is 0.273. The van der Waals surface area contributed by atoms with Crippen LogP contribution in [0.5, 0.6) is 5.75 Å². The first kappa shape index (κ1) is 12.0. The summed E-state index contributed by atoms with van der Waals surface area (Å²) in [6, 6.07) is 2.98. The Morgan fingerprint density at radius 1 is 1.56 bits per heavy atom. The minimum absolute atomic E-state index is 0.0206. The molecule has 0 atom stereocenters. The van der Waals surface area contributed by atoms with Crippen LogP contribution in [0.2, 0.25) is 0 Å². The molecule has 0 saturated carbocycles. The number of amides is 1. The zero-order valence-corrected chi connectivity index (χ0v) is 10.1. The number of aromatic amines is 1. The average molecular weight is 247 g/mol. The Kier molecular flexibility index (Phi) is 3.22. The van der Waals surface area contributed by atoms with Gasteiger partial charge in [-0.25, -0.2) is 9.97 Å². The van der Waals surface area contributed by atoms with Gasteiger partial charge in [-0.15, -0.1) is 0 Å². The van der Waals surface area contributed by atoms with Crippen molar-refractivity contribution < 1.29 is 9.90 Å². The second kappa shape index (κ2) is 4.82. The Balaban J connectivity index is 2.12. The van der Waals surface area contributed by atoms with Crippen molar-refractivity contribution in [3.8, 4) is 5.75 Å². The topological polar surface area (TPSA) is 95.0 Å². The van der Waals surface area contributed by atoms with Gasteiger partial charge in [-0.1, -0.05) is 0 Å². The van der Waals surface area contributed by atoms with E-state index in [1.807, 2.05) is 0 Å². The number of H-pyrrole nitrogens is 1. The van der Waals surface area contributed by atoms with Crippen molar-refractivity contribution in [2.45, 2.75) is 13.5 Å². The molecule has 0 saturated heterocycles. The number of nitrogens with one attached hydrogen (secondary N) is 1. The maximum atomic E-state index is 12.0. The quantitative estimate of drug-likeness (QED) is 0.822. The number of pyridine rings is 1. The number of carbonyl (C=O) groups excluding carboxylic acids is 1. The van der Waals surface area contributed by atoms with E-state index in [4.69, 9.17) is 0 Å². The van der Waals surface area contributed by atoms with Crippen molar-refractivity contribution in [1.29, 1.82) is 0 Å². The lowest BCUT2D eigenvalue weighted by atomic mass is 10.3. The van der Waals surface area contributed by atoms with Gasteiger partial charge in [0.1, 0.15) is 11.6 Å². The van der Waals surface area contributed by atoms with Crippen molar-refractivity contribution in [3.63, 3.8) is 0 Å². The highest BCUT2D eigenvalue weighted by Gasteiger charge is 2.18. The molecule has 0 aromatic carbocycles. The zero-order chi connectivity index (χ0) is 13.1. The van der Waals surface area contributed by atoms with E-state index in [-0.39, 0.29) is 23.9 Å². The number of carbonyl (C=O) groups is 1. The van der Waals surface area contributed by atoms with E-state index in [0.717, 1.165) is 0 Å². The first-order valence-corrected chi connectivity index (χ1v) is 5.35. The molecule has 0 radical (unpaired) electrons. The highest BCUT2D eigenvalue weighted by molar-refractivity contribution is 5.94. The van der Waals surface area contributed by atoms with E-state index in [1.54, 1.807) is 20.0 Å². The molecule has 0 aliphatic heterocycles. The highest BCUT2D eigenvalue weighted by atomic mass is 16.3. The maximum absolute atomic E-state index is 12.0. The summed E-state index contributed by atoms with van der Waals surface area (Å²) in [6.07, 6.45) is 1.46. The lowest BCUT2D eigenvalue weighted by Gasteiger charge is -2.14. The van der Waals surface area contributed by atoms with Crippen LogP contribution in [0.3, 0.4) is 0 Å². The minimum Gasteiger partial charge on any atom is -0.505 e. The van der Waals surface area contributed by atoms with Crippen molar-refractivity contribution in [2.75, 3.05) is 7.05 Å². The molecule has 7 heteroatoms. The molecule has 2 N–H and O–H groups in total. The van der Waals surface area contributed by atoms with Crippen molar-refractivity contribution in [3.05, 3.63) is 35.7 Å². The number of nitrogens with zero attached hydrogens (tertiary/aromatic N) is 4. The summed E-state index contributed by atoms with van der Waals surface area (Å²) in [6.45, 7) is 2.03. The molecule has 0 aliphatic carbocycles. The Labute approximate surface area is 104 Å². The molecule has 2 rings (SSSR count). The molecule has 2 aromatic rings.